The van der Waals surface area contributed by atoms with E-state index in [0.717, 1.165) is 0 Å². The molecule has 1 aromatic heterocycles. The third-order valence-corrected chi connectivity index (χ3v) is 5.52. The Morgan fingerprint density at radius 1 is 1.12 bits per heavy atom. The van der Waals surface area contributed by atoms with E-state index in [1.54, 1.807) is 49.4 Å². The fourth-order valence-electron chi connectivity index (χ4n) is 3.19. The van der Waals surface area contributed by atoms with Gasteiger partial charge in [0.25, 0.3) is 11.6 Å². The van der Waals surface area contributed by atoms with Gasteiger partial charge in [0.15, 0.2) is 0 Å². The number of carbonyl (C=O) groups is 1. The number of furan rings is 1. The second kappa shape index (κ2) is 8.49. The number of nitro groups is 1. The summed E-state index contributed by atoms with van der Waals surface area (Å²) >= 11 is 12.0. The molecule has 2 heterocycles. The van der Waals surface area contributed by atoms with E-state index in [1.807, 2.05) is 0 Å². The minimum Gasteiger partial charge on any atom is -0.496 e. The third kappa shape index (κ3) is 3.98. The molecule has 0 saturated heterocycles. The fraction of sp³-hybridized carbons (Fsp3) is 0.0909. The Balaban J connectivity index is 1.64. The number of hydrogen-bond acceptors (Lipinski definition) is 6. The van der Waals surface area contributed by atoms with E-state index in [2.05, 4.69) is 5.10 Å². The second-order valence-corrected chi connectivity index (χ2v) is 7.62. The van der Waals surface area contributed by atoms with Crippen molar-refractivity contribution in [1.29, 1.82) is 0 Å². The number of ether oxygens (including phenoxy) is 1. The minimum absolute atomic E-state index is 0.0923. The lowest BCUT2D eigenvalue weighted by atomic mass is 10.1. The van der Waals surface area contributed by atoms with E-state index in [1.165, 1.54) is 24.3 Å². The summed E-state index contributed by atoms with van der Waals surface area (Å²) in [6.45, 7) is 1.71. The average Bonchev–Trinajstić information content (AvgIpc) is 3.35. The van der Waals surface area contributed by atoms with E-state index in [4.69, 9.17) is 32.4 Å². The van der Waals surface area contributed by atoms with E-state index in [0.29, 0.717) is 49.9 Å². The largest absolute Gasteiger partial charge is 0.496 e. The Hall–Kier alpha value is -3.62. The molecule has 0 radical (unpaired) electrons. The maximum atomic E-state index is 12.9. The molecule has 32 heavy (non-hydrogen) atoms. The number of rotatable bonds is 5. The monoisotopic (exact) mass is 471 g/mol. The first kappa shape index (κ1) is 21.6. The number of anilines is 1. The van der Waals surface area contributed by atoms with Crippen LogP contribution in [0, 0.1) is 10.1 Å². The van der Waals surface area contributed by atoms with E-state index < -0.39 is 4.92 Å². The van der Waals surface area contributed by atoms with Crippen LogP contribution >= 0.6 is 23.2 Å². The molecule has 8 nitrogen and oxygen atoms in total. The van der Waals surface area contributed by atoms with Gasteiger partial charge in [0.05, 0.1) is 50.7 Å². The van der Waals surface area contributed by atoms with Crippen LogP contribution in [-0.2, 0) is 4.79 Å². The first-order valence-electron chi connectivity index (χ1n) is 9.28. The van der Waals surface area contributed by atoms with Crippen molar-refractivity contribution in [2.75, 3.05) is 12.1 Å². The molecule has 0 spiro atoms. The summed E-state index contributed by atoms with van der Waals surface area (Å²) in [5.41, 5.74) is 1.80. The summed E-state index contributed by atoms with van der Waals surface area (Å²) in [6.07, 6.45) is 1.58. The molecule has 1 aliphatic heterocycles. The van der Waals surface area contributed by atoms with E-state index in [9.17, 15) is 14.9 Å². The third-order valence-electron chi connectivity index (χ3n) is 4.79. The Bertz CT molecular complexity index is 1310. The Kier molecular flexibility index (Phi) is 5.73. The van der Waals surface area contributed by atoms with Crippen LogP contribution in [0.5, 0.6) is 5.75 Å². The molecule has 10 heteroatoms. The van der Waals surface area contributed by atoms with E-state index >= 15 is 0 Å². The van der Waals surface area contributed by atoms with Gasteiger partial charge in [0.1, 0.15) is 17.3 Å². The zero-order valence-corrected chi connectivity index (χ0v) is 18.3. The van der Waals surface area contributed by atoms with Crippen molar-refractivity contribution >= 4 is 52.3 Å². The minimum atomic E-state index is -0.502. The predicted octanol–water partition coefficient (Wildman–Crippen LogP) is 5.98. The van der Waals surface area contributed by atoms with Crippen molar-refractivity contribution in [3.63, 3.8) is 0 Å². The molecule has 3 aromatic rings. The van der Waals surface area contributed by atoms with Crippen molar-refractivity contribution in [2.24, 2.45) is 5.10 Å². The Morgan fingerprint density at radius 3 is 2.59 bits per heavy atom. The molecule has 1 aliphatic rings. The molecule has 2 aromatic carbocycles. The molecule has 0 unspecified atom stereocenters. The average molecular weight is 472 g/mol. The van der Waals surface area contributed by atoms with Gasteiger partial charge < -0.3 is 9.15 Å². The topological polar surface area (TPSA) is 98.2 Å². The Morgan fingerprint density at radius 2 is 1.91 bits per heavy atom. The number of methoxy groups -OCH3 is 1. The fourth-order valence-corrected chi connectivity index (χ4v) is 3.48. The van der Waals surface area contributed by atoms with Gasteiger partial charge in [-0.15, -0.1) is 0 Å². The number of hydrogen-bond donors (Lipinski definition) is 0. The van der Waals surface area contributed by atoms with Crippen LogP contribution < -0.4 is 9.75 Å². The van der Waals surface area contributed by atoms with Crippen LogP contribution in [-0.4, -0.2) is 23.7 Å². The zero-order chi connectivity index (χ0) is 23.0. The van der Waals surface area contributed by atoms with Crippen molar-refractivity contribution in [2.45, 2.75) is 6.92 Å². The van der Waals surface area contributed by atoms with Crippen molar-refractivity contribution in [1.82, 2.24) is 0 Å². The number of halogens is 2. The lowest BCUT2D eigenvalue weighted by Crippen LogP contribution is -2.21. The molecule has 0 bridgehead atoms. The van der Waals surface area contributed by atoms with Gasteiger partial charge in [-0.25, -0.2) is 0 Å². The van der Waals surface area contributed by atoms with Gasteiger partial charge in [-0.1, -0.05) is 23.2 Å². The molecule has 4 rings (SSSR count). The van der Waals surface area contributed by atoms with Crippen LogP contribution in [0.4, 0.5) is 11.4 Å². The molecule has 0 atom stereocenters. The molecule has 1 amide bonds. The van der Waals surface area contributed by atoms with Gasteiger partial charge in [0, 0.05) is 6.07 Å². The summed E-state index contributed by atoms with van der Waals surface area (Å²) in [4.78, 5) is 23.4. The maximum absolute atomic E-state index is 12.9. The molecule has 162 valence electrons. The second-order valence-electron chi connectivity index (χ2n) is 6.80. The summed E-state index contributed by atoms with van der Waals surface area (Å²) in [6, 6.07) is 12.4. The standard InChI is InChI=1S/C22H15Cl2N3O5/c1-12-17(22(28)26(25-12)13-4-7-18(23)19(24)9-13)11-15-5-8-20(32-15)16-6-3-14(27(29)30)10-21(16)31-2/h3-11H,1-2H3/b17-11-. The molecule has 0 aliphatic carbocycles. The summed E-state index contributed by atoms with van der Waals surface area (Å²) in [5, 5.41) is 17.2. The summed E-state index contributed by atoms with van der Waals surface area (Å²) < 4.78 is 11.1. The van der Waals surface area contributed by atoms with Crippen molar-refractivity contribution < 1.29 is 18.9 Å². The number of amides is 1. The highest BCUT2D eigenvalue weighted by Crippen LogP contribution is 2.35. The highest BCUT2D eigenvalue weighted by molar-refractivity contribution is 6.42. The van der Waals surface area contributed by atoms with Gasteiger partial charge in [0.2, 0.25) is 0 Å². The van der Waals surface area contributed by atoms with Gasteiger partial charge in [-0.3, -0.25) is 14.9 Å². The lowest BCUT2D eigenvalue weighted by molar-refractivity contribution is -0.384. The van der Waals surface area contributed by atoms with Crippen molar-refractivity contribution in [3.8, 4) is 17.1 Å². The van der Waals surface area contributed by atoms with Gasteiger partial charge in [-0.2, -0.15) is 10.1 Å². The van der Waals surface area contributed by atoms with Crippen LogP contribution in [0.2, 0.25) is 10.0 Å². The van der Waals surface area contributed by atoms with Gasteiger partial charge >= 0.3 is 0 Å². The molecule has 0 N–H and O–H groups in total. The SMILES string of the molecule is COc1cc([N+](=O)[O-])ccc1-c1ccc(/C=C2\C(=O)N(c3ccc(Cl)c(Cl)c3)N=C2C)o1. The lowest BCUT2D eigenvalue weighted by Gasteiger charge is -2.12. The van der Waals surface area contributed by atoms with Crippen LogP contribution in [0.25, 0.3) is 17.4 Å². The first-order chi connectivity index (χ1) is 15.3. The number of nitro benzene ring substituents is 1. The summed E-state index contributed by atoms with van der Waals surface area (Å²) in [5.74, 6) is 0.805. The zero-order valence-electron chi connectivity index (χ0n) is 16.8. The van der Waals surface area contributed by atoms with Crippen LogP contribution in [0.15, 0.2) is 63.6 Å². The number of benzene rings is 2. The molecule has 0 saturated carbocycles. The normalized spacial score (nSPS) is 14.8. The van der Waals surface area contributed by atoms with E-state index in [-0.39, 0.29) is 11.6 Å². The predicted molar refractivity (Wildman–Crippen MR) is 122 cm³/mol. The molecular weight excluding hydrogens is 457 g/mol. The summed E-state index contributed by atoms with van der Waals surface area (Å²) in [7, 11) is 1.42. The number of hydrazone groups is 1. The number of non-ortho nitro benzene ring substituents is 1. The highest BCUT2D eigenvalue weighted by atomic mass is 35.5. The van der Waals surface area contributed by atoms with Gasteiger partial charge in [-0.05, 0) is 49.4 Å². The maximum Gasteiger partial charge on any atom is 0.280 e. The number of nitrogens with zero attached hydrogens (tertiary/aromatic N) is 3. The number of carbonyl (C=O) groups excluding carboxylic acids is 1. The van der Waals surface area contributed by atoms with Crippen LogP contribution in [0.1, 0.15) is 12.7 Å². The highest BCUT2D eigenvalue weighted by Gasteiger charge is 2.29. The van der Waals surface area contributed by atoms with Crippen LogP contribution in [0.3, 0.4) is 0 Å². The smallest absolute Gasteiger partial charge is 0.280 e. The first-order valence-corrected chi connectivity index (χ1v) is 10.0. The Labute approximate surface area is 192 Å². The molecule has 0 fully saturated rings. The quantitative estimate of drug-likeness (QED) is 0.259. The molecular formula is C22H15Cl2N3O5. The van der Waals surface area contributed by atoms with Crippen molar-refractivity contribution in [3.05, 3.63) is 80.0 Å².